The lowest BCUT2D eigenvalue weighted by molar-refractivity contribution is -0.120. The molecule has 1 aromatic carbocycles. The van der Waals surface area contributed by atoms with Gasteiger partial charge in [-0.2, -0.15) is 0 Å². The molecule has 0 heterocycles. The number of nitrogens with two attached hydrogens (primary N) is 1. The Bertz CT molecular complexity index is 515. The summed E-state index contributed by atoms with van der Waals surface area (Å²) >= 11 is 0. The highest BCUT2D eigenvalue weighted by molar-refractivity contribution is 5.83. The van der Waals surface area contributed by atoms with Crippen LogP contribution in [0, 0.1) is 5.92 Å². The molecule has 6 nitrogen and oxygen atoms in total. The lowest BCUT2D eigenvalue weighted by Gasteiger charge is -2.21. The smallest absolute Gasteiger partial charge is 0.239 e. The van der Waals surface area contributed by atoms with Crippen molar-refractivity contribution in [2.45, 2.75) is 18.9 Å². The number of primary amides is 1. The van der Waals surface area contributed by atoms with Gasteiger partial charge in [0.1, 0.15) is 6.04 Å². The summed E-state index contributed by atoms with van der Waals surface area (Å²) in [6.45, 7) is 0.769. The first kappa shape index (κ1) is 15.4. The number of amides is 1. The third kappa shape index (κ3) is 3.39. The standard InChI is InChI=1S/C15H22N2O4/c1-19-11-7-6-10(13(20-2)14(11)21-3)12(15(16)18)17-8-9-4-5-9/h6-7,9,12,17H,4-5,8H2,1-3H3,(H2,16,18). The van der Waals surface area contributed by atoms with E-state index in [1.807, 2.05) is 0 Å². The molecule has 1 fully saturated rings. The maximum Gasteiger partial charge on any atom is 0.239 e. The van der Waals surface area contributed by atoms with Crippen molar-refractivity contribution in [1.29, 1.82) is 0 Å². The number of rotatable bonds is 8. The molecule has 2 rings (SSSR count). The molecule has 1 atom stereocenters. The van der Waals surface area contributed by atoms with Gasteiger partial charge in [-0.05, 0) is 37.4 Å². The Hall–Kier alpha value is -1.95. The van der Waals surface area contributed by atoms with Gasteiger partial charge in [0.05, 0.1) is 21.3 Å². The third-order valence-electron chi connectivity index (χ3n) is 3.64. The lowest BCUT2D eigenvalue weighted by Crippen LogP contribution is -2.35. The fourth-order valence-electron chi connectivity index (χ4n) is 2.32. The average molecular weight is 294 g/mol. The van der Waals surface area contributed by atoms with Crippen molar-refractivity contribution in [2.75, 3.05) is 27.9 Å². The topological polar surface area (TPSA) is 82.8 Å². The van der Waals surface area contributed by atoms with Gasteiger partial charge in [0.25, 0.3) is 0 Å². The molecule has 0 aromatic heterocycles. The molecule has 1 saturated carbocycles. The van der Waals surface area contributed by atoms with Crippen LogP contribution in [0.3, 0.4) is 0 Å². The molecule has 0 spiro atoms. The number of methoxy groups -OCH3 is 3. The van der Waals surface area contributed by atoms with E-state index in [9.17, 15) is 4.79 Å². The number of nitrogens with one attached hydrogen (secondary N) is 1. The van der Waals surface area contributed by atoms with Crippen LogP contribution in [0.15, 0.2) is 12.1 Å². The predicted octanol–water partition coefficient (Wildman–Crippen LogP) is 1.24. The maximum atomic E-state index is 11.8. The predicted molar refractivity (Wildman–Crippen MR) is 78.8 cm³/mol. The Morgan fingerprint density at radius 2 is 1.90 bits per heavy atom. The molecule has 1 aliphatic carbocycles. The van der Waals surface area contributed by atoms with Crippen LogP contribution in [0.5, 0.6) is 17.2 Å². The highest BCUT2D eigenvalue weighted by Gasteiger charge is 2.28. The Kier molecular flexibility index (Phi) is 4.90. The lowest BCUT2D eigenvalue weighted by atomic mass is 10.0. The summed E-state index contributed by atoms with van der Waals surface area (Å²) in [5.41, 5.74) is 6.19. The highest BCUT2D eigenvalue weighted by atomic mass is 16.5. The first-order valence-corrected chi connectivity index (χ1v) is 6.93. The maximum absolute atomic E-state index is 11.8. The van der Waals surface area contributed by atoms with E-state index in [-0.39, 0.29) is 0 Å². The van der Waals surface area contributed by atoms with Crippen LogP contribution in [-0.4, -0.2) is 33.8 Å². The van der Waals surface area contributed by atoms with E-state index >= 15 is 0 Å². The van der Waals surface area contributed by atoms with Crippen LogP contribution in [0.2, 0.25) is 0 Å². The number of carbonyl (C=O) groups excluding carboxylic acids is 1. The van der Waals surface area contributed by atoms with Crippen molar-refractivity contribution in [3.63, 3.8) is 0 Å². The molecular weight excluding hydrogens is 272 g/mol. The monoisotopic (exact) mass is 294 g/mol. The third-order valence-corrected chi connectivity index (χ3v) is 3.64. The molecular formula is C15H22N2O4. The summed E-state index contributed by atoms with van der Waals surface area (Å²) in [7, 11) is 4.61. The van der Waals surface area contributed by atoms with Gasteiger partial charge < -0.3 is 25.3 Å². The van der Waals surface area contributed by atoms with Gasteiger partial charge in [0, 0.05) is 5.56 Å². The number of hydrogen-bond donors (Lipinski definition) is 2. The zero-order valence-corrected chi connectivity index (χ0v) is 12.6. The minimum atomic E-state index is -0.611. The zero-order chi connectivity index (χ0) is 15.4. The molecule has 21 heavy (non-hydrogen) atoms. The summed E-state index contributed by atoms with van der Waals surface area (Å²) in [6.07, 6.45) is 2.39. The summed E-state index contributed by atoms with van der Waals surface area (Å²) in [5, 5.41) is 3.21. The van der Waals surface area contributed by atoms with Gasteiger partial charge in [0.15, 0.2) is 11.5 Å². The van der Waals surface area contributed by atoms with Crippen molar-refractivity contribution in [3.8, 4) is 17.2 Å². The molecule has 0 saturated heterocycles. The van der Waals surface area contributed by atoms with Crippen molar-refractivity contribution >= 4 is 5.91 Å². The second-order valence-electron chi connectivity index (χ2n) is 5.11. The molecule has 0 bridgehead atoms. The Morgan fingerprint density at radius 3 is 2.38 bits per heavy atom. The summed E-state index contributed by atoms with van der Waals surface area (Å²) in [4.78, 5) is 11.8. The number of ether oxygens (including phenoxy) is 3. The normalized spacial score (nSPS) is 15.4. The fraction of sp³-hybridized carbons (Fsp3) is 0.533. The van der Waals surface area contributed by atoms with Gasteiger partial charge in [-0.3, -0.25) is 4.79 Å². The summed E-state index contributed by atoms with van der Waals surface area (Å²) in [6, 6.07) is 2.90. The van der Waals surface area contributed by atoms with Crippen LogP contribution in [-0.2, 0) is 4.79 Å². The second kappa shape index (κ2) is 6.67. The summed E-state index contributed by atoms with van der Waals surface area (Å²) < 4.78 is 16.0. The molecule has 0 aliphatic heterocycles. The Labute approximate surface area is 124 Å². The van der Waals surface area contributed by atoms with Gasteiger partial charge in [-0.25, -0.2) is 0 Å². The number of hydrogen-bond acceptors (Lipinski definition) is 5. The van der Waals surface area contributed by atoms with E-state index < -0.39 is 11.9 Å². The van der Waals surface area contributed by atoms with Crippen LogP contribution >= 0.6 is 0 Å². The zero-order valence-electron chi connectivity index (χ0n) is 12.6. The van der Waals surface area contributed by atoms with Gasteiger partial charge in [-0.1, -0.05) is 0 Å². The van der Waals surface area contributed by atoms with Gasteiger partial charge in [-0.15, -0.1) is 0 Å². The molecule has 116 valence electrons. The van der Waals surface area contributed by atoms with Crippen LogP contribution in [0.25, 0.3) is 0 Å². The molecule has 1 unspecified atom stereocenters. The van der Waals surface area contributed by atoms with E-state index in [0.717, 1.165) is 6.54 Å². The first-order chi connectivity index (χ1) is 10.1. The minimum Gasteiger partial charge on any atom is -0.493 e. The molecule has 0 radical (unpaired) electrons. The van der Waals surface area contributed by atoms with Crippen LogP contribution < -0.4 is 25.3 Å². The minimum absolute atomic E-state index is 0.443. The van der Waals surface area contributed by atoms with Gasteiger partial charge in [0.2, 0.25) is 11.7 Å². The van der Waals surface area contributed by atoms with E-state index in [4.69, 9.17) is 19.9 Å². The first-order valence-electron chi connectivity index (χ1n) is 6.93. The molecule has 1 aromatic rings. The SMILES string of the molecule is COc1ccc(C(NCC2CC2)C(N)=O)c(OC)c1OC. The Balaban J connectivity index is 2.35. The molecule has 1 amide bonds. The van der Waals surface area contributed by atoms with Gasteiger partial charge >= 0.3 is 0 Å². The molecule has 1 aliphatic rings. The van der Waals surface area contributed by atoms with E-state index in [0.29, 0.717) is 28.7 Å². The van der Waals surface area contributed by atoms with Crippen molar-refractivity contribution in [1.82, 2.24) is 5.32 Å². The highest BCUT2D eigenvalue weighted by Crippen LogP contribution is 2.42. The van der Waals surface area contributed by atoms with Crippen molar-refractivity contribution in [3.05, 3.63) is 17.7 Å². The van der Waals surface area contributed by atoms with Crippen molar-refractivity contribution in [2.24, 2.45) is 11.7 Å². The number of carbonyl (C=O) groups is 1. The quantitative estimate of drug-likeness (QED) is 0.753. The molecule has 3 N–H and O–H groups in total. The largest absolute Gasteiger partial charge is 0.493 e. The van der Waals surface area contributed by atoms with Crippen LogP contribution in [0.4, 0.5) is 0 Å². The second-order valence-corrected chi connectivity index (χ2v) is 5.11. The summed E-state index contributed by atoms with van der Waals surface area (Å²) in [5.74, 6) is 1.66. The van der Waals surface area contributed by atoms with E-state index in [1.54, 1.807) is 19.2 Å². The fourth-order valence-corrected chi connectivity index (χ4v) is 2.32. The average Bonchev–Trinajstić information content (AvgIpc) is 3.30. The molecule has 6 heteroatoms. The number of benzene rings is 1. The van der Waals surface area contributed by atoms with Crippen LogP contribution in [0.1, 0.15) is 24.4 Å². The van der Waals surface area contributed by atoms with Crippen molar-refractivity contribution < 1.29 is 19.0 Å². The Morgan fingerprint density at radius 1 is 1.24 bits per heavy atom. The van der Waals surface area contributed by atoms with E-state index in [1.165, 1.54) is 27.1 Å². The van der Waals surface area contributed by atoms with E-state index in [2.05, 4.69) is 5.32 Å².